The maximum absolute atomic E-state index is 13.0. The van der Waals surface area contributed by atoms with Gasteiger partial charge in [-0.1, -0.05) is 50.3 Å². The Balaban J connectivity index is 1.47. The van der Waals surface area contributed by atoms with Crippen molar-refractivity contribution in [3.8, 4) is 0 Å². The van der Waals surface area contributed by atoms with E-state index < -0.39 is 52.6 Å². The number of fused-ring (bicyclic) bond motifs is 1. The molecule has 0 aliphatic carbocycles. The normalized spacial score (nSPS) is 27.4. The second kappa shape index (κ2) is 13.3. The molecule has 3 heterocycles. The molecule has 0 bridgehead atoms. The minimum absolute atomic E-state index is 0.0129. The molecule has 3 aliphatic rings. The summed E-state index contributed by atoms with van der Waals surface area (Å²) in [4.78, 5) is 15.1. The third-order valence-electron chi connectivity index (χ3n) is 7.40. The highest BCUT2D eigenvalue weighted by molar-refractivity contribution is 7.90. The molecule has 39 heavy (non-hydrogen) atoms. The molecule has 0 aromatic heterocycles. The number of ether oxygens (including phenoxy) is 5. The van der Waals surface area contributed by atoms with E-state index >= 15 is 0 Å². The zero-order valence-corrected chi connectivity index (χ0v) is 24.4. The highest BCUT2D eigenvalue weighted by Gasteiger charge is 2.58. The van der Waals surface area contributed by atoms with Gasteiger partial charge in [0.2, 0.25) is 0 Å². The Morgan fingerprint density at radius 1 is 1.10 bits per heavy atom. The predicted molar refractivity (Wildman–Crippen MR) is 145 cm³/mol. The Morgan fingerprint density at radius 2 is 1.79 bits per heavy atom. The van der Waals surface area contributed by atoms with Crippen molar-refractivity contribution in [3.63, 3.8) is 0 Å². The topological polar surface area (TPSA) is 113 Å². The molecule has 3 saturated heterocycles. The third kappa shape index (κ3) is 8.14. The minimum atomic E-state index is -4.10. The van der Waals surface area contributed by atoms with Crippen LogP contribution in [0.2, 0.25) is 0 Å². The number of carbonyl (C=O) groups is 1. The van der Waals surface area contributed by atoms with E-state index in [0.29, 0.717) is 13.2 Å². The summed E-state index contributed by atoms with van der Waals surface area (Å²) in [6, 6.07) is 6.25. The van der Waals surface area contributed by atoms with Gasteiger partial charge in [-0.3, -0.25) is 4.90 Å². The number of rotatable bonds is 13. The van der Waals surface area contributed by atoms with Crippen LogP contribution in [0.5, 0.6) is 0 Å². The molecule has 1 aromatic carbocycles. The lowest BCUT2D eigenvalue weighted by molar-refractivity contribution is -0.230. The SMILES string of the molecule is CCCCCCCO[C@@H]1[C@H]2OC(C)(C)O[C@H]2O[C@@H]1[C@@H](CN1CCCC1)OC(=O)NS(=O)(=O)c1ccc(C)cc1. The lowest BCUT2D eigenvalue weighted by Crippen LogP contribution is -2.50. The molecular formula is C28H44N2O8S. The molecule has 4 rings (SSSR count). The number of nitrogens with one attached hydrogen (secondary N) is 1. The van der Waals surface area contributed by atoms with E-state index in [9.17, 15) is 13.2 Å². The van der Waals surface area contributed by atoms with E-state index in [1.54, 1.807) is 12.1 Å². The summed E-state index contributed by atoms with van der Waals surface area (Å²) in [5, 5.41) is 0. The minimum Gasteiger partial charge on any atom is -0.441 e. The number of benzene rings is 1. The molecule has 1 amide bonds. The third-order valence-corrected chi connectivity index (χ3v) is 8.72. The largest absolute Gasteiger partial charge is 0.441 e. The Kier molecular flexibility index (Phi) is 10.3. The molecule has 11 heteroatoms. The summed E-state index contributed by atoms with van der Waals surface area (Å²) in [5.41, 5.74) is 0.912. The maximum atomic E-state index is 13.0. The summed E-state index contributed by atoms with van der Waals surface area (Å²) in [6.45, 7) is 10.3. The lowest BCUT2D eigenvalue weighted by atomic mass is 10.0. The van der Waals surface area contributed by atoms with Gasteiger partial charge in [-0.05, 0) is 65.3 Å². The van der Waals surface area contributed by atoms with Crippen LogP contribution < -0.4 is 4.72 Å². The zero-order chi connectivity index (χ0) is 28.0. The molecule has 3 fully saturated rings. The first kappa shape index (κ1) is 30.2. The standard InChI is InChI=1S/C28H44N2O8S/c1-5-6-7-8-11-18-34-24-23(36-26-25(24)37-28(3,4)38-26)22(19-30-16-9-10-17-30)35-27(31)29-39(32,33)21-14-12-20(2)13-15-21/h12-15,22-26H,5-11,16-19H2,1-4H3,(H,29,31)/t22-,23-,24+,25-,26-/m1/s1. The van der Waals surface area contributed by atoms with Gasteiger partial charge < -0.3 is 23.7 Å². The average Bonchev–Trinajstić information content (AvgIpc) is 3.56. The maximum Gasteiger partial charge on any atom is 0.421 e. The van der Waals surface area contributed by atoms with Crippen LogP contribution in [-0.2, 0) is 33.7 Å². The Labute approximate surface area is 232 Å². The van der Waals surface area contributed by atoms with Crippen molar-refractivity contribution in [2.45, 2.75) is 114 Å². The molecule has 5 atom stereocenters. The molecular weight excluding hydrogens is 524 g/mol. The van der Waals surface area contributed by atoms with E-state index in [4.69, 9.17) is 23.7 Å². The van der Waals surface area contributed by atoms with Crippen molar-refractivity contribution in [1.82, 2.24) is 9.62 Å². The summed E-state index contributed by atoms with van der Waals surface area (Å²) in [5.74, 6) is -0.826. The second-order valence-electron chi connectivity index (χ2n) is 11.2. The molecule has 1 N–H and O–H groups in total. The first-order valence-corrected chi connectivity index (χ1v) is 15.7. The first-order valence-electron chi connectivity index (χ1n) is 14.2. The van der Waals surface area contributed by atoms with Crippen LogP contribution in [0.25, 0.3) is 0 Å². The smallest absolute Gasteiger partial charge is 0.421 e. The van der Waals surface area contributed by atoms with E-state index in [1.165, 1.54) is 25.0 Å². The Bertz CT molecular complexity index is 1040. The summed E-state index contributed by atoms with van der Waals surface area (Å²) >= 11 is 0. The fourth-order valence-electron chi connectivity index (χ4n) is 5.39. The van der Waals surface area contributed by atoms with Gasteiger partial charge in [0, 0.05) is 13.2 Å². The number of likely N-dealkylation sites (tertiary alicyclic amines) is 1. The van der Waals surface area contributed by atoms with Crippen LogP contribution >= 0.6 is 0 Å². The number of amides is 1. The fourth-order valence-corrected chi connectivity index (χ4v) is 6.27. The molecule has 0 saturated carbocycles. The molecule has 1 aromatic rings. The predicted octanol–water partition coefficient (Wildman–Crippen LogP) is 4.11. The number of hydrogen-bond donors (Lipinski definition) is 1. The Hall–Kier alpha value is -1.76. The molecule has 220 valence electrons. The number of aryl methyl sites for hydroxylation is 1. The lowest BCUT2D eigenvalue weighted by Gasteiger charge is -2.32. The number of hydrogen-bond acceptors (Lipinski definition) is 9. The number of carbonyl (C=O) groups excluding carboxylic acids is 1. The van der Waals surface area contributed by atoms with Crippen LogP contribution in [0.1, 0.15) is 71.3 Å². The van der Waals surface area contributed by atoms with Crippen LogP contribution in [0.4, 0.5) is 4.79 Å². The van der Waals surface area contributed by atoms with E-state index in [-0.39, 0.29) is 4.90 Å². The quantitative estimate of drug-likeness (QED) is 0.351. The summed E-state index contributed by atoms with van der Waals surface area (Å²) < 4.78 is 58.2. The van der Waals surface area contributed by atoms with Gasteiger partial charge in [-0.15, -0.1) is 0 Å². The van der Waals surface area contributed by atoms with Crippen LogP contribution in [0, 0.1) is 6.92 Å². The monoisotopic (exact) mass is 568 g/mol. The van der Waals surface area contributed by atoms with Crippen molar-refractivity contribution in [1.29, 1.82) is 0 Å². The van der Waals surface area contributed by atoms with Crippen molar-refractivity contribution in [2.75, 3.05) is 26.2 Å². The van der Waals surface area contributed by atoms with E-state index in [2.05, 4.69) is 16.5 Å². The van der Waals surface area contributed by atoms with Gasteiger partial charge in [-0.2, -0.15) is 0 Å². The molecule has 0 unspecified atom stereocenters. The van der Waals surface area contributed by atoms with Crippen molar-refractivity contribution in [2.24, 2.45) is 0 Å². The van der Waals surface area contributed by atoms with Gasteiger partial charge in [0.25, 0.3) is 10.0 Å². The van der Waals surface area contributed by atoms with Gasteiger partial charge in [0.1, 0.15) is 24.4 Å². The van der Waals surface area contributed by atoms with Crippen LogP contribution in [-0.4, -0.2) is 82.1 Å². The first-order chi connectivity index (χ1) is 18.6. The number of unbranched alkanes of at least 4 members (excludes halogenated alkanes) is 4. The van der Waals surface area contributed by atoms with Crippen molar-refractivity contribution >= 4 is 16.1 Å². The highest BCUT2D eigenvalue weighted by Crippen LogP contribution is 2.40. The number of nitrogens with zero attached hydrogens (tertiary/aromatic N) is 1. The Morgan fingerprint density at radius 3 is 2.49 bits per heavy atom. The molecule has 10 nitrogen and oxygen atoms in total. The van der Waals surface area contributed by atoms with Crippen molar-refractivity contribution in [3.05, 3.63) is 29.8 Å². The van der Waals surface area contributed by atoms with Gasteiger partial charge in [0.05, 0.1) is 4.90 Å². The number of sulfonamides is 1. The summed E-state index contributed by atoms with van der Waals surface area (Å²) in [6.07, 6.45) is 3.38. The summed E-state index contributed by atoms with van der Waals surface area (Å²) in [7, 11) is -4.10. The average molecular weight is 569 g/mol. The molecule has 3 aliphatic heterocycles. The van der Waals surface area contributed by atoms with Crippen LogP contribution in [0.3, 0.4) is 0 Å². The zero-order valence-electron chi connectivity index (χ0n) is 23.6. The molecule has 0 radical (unpaired) electrons. The van der Waals surface area contributed by atoms with Gasteiger partial charge in [-0.25, -0.2) is 17.9 Å². The molecule has 0 spiro atoms. The van der Waals surface area contributed by atoms with E-state index in [0.717, 1.165) is 50.8 Å². The fraction of sp³-hybridized carbons (Fsp3) is 0.750. The van der Waals surface area contributed by atoms with Crippen molar-refractivity contribution < 1.29 is 36.9 Å². The highest BCUT2D eigenvalue weighted by atomic mass is 32.2. The van der Waals surface area contributed by atoms with Gasteiger partial charge >= 0.3 is 6.09 Å². The second-order valence-corrected chi connectivity index (χ2v) is 12.9. The van der Waals surface area contributed by atoms with Gasteiger partial charge in [0.15, 0.2) is 12.1 Å². The van der Waals surface area contributed by atoms with E-state index in [1.807, 2.05) is 20.8 Å². The van der Waals surface area contributed by atoms with Crippen LogP contribution in [0.15, 0.2) is 29.2 Å².